The molecule has 114 valence electrons. The van der Waals surface area contributed by atoms with Gasteiger partial charge in [-0.25, -0.2) is 4.98 Å². The summed E-state index contributed by atoms with van der Waals surface area (Å²) in [4.78, 5) is 6.56. The number of ether oxygens (including phenoxy) is 1. The third kappa shape index (κ3) is 4.52. The minimum atomic E-state index is 0.187. The van der Waals surface area contributed by atoms with Crippen LogP contribution >= 0.6 is 11.3 Å². The van der Waals surface area contributed by atoms with Crippen LogP contribution in [-0.2, 0) is 6.54 Å². The van der Waals surface area contributed by atoms with Crippen molar-refractivity contribution in [2.45, 2.75) is 25.9 Å². The van der Waals surface area contributed by atoms with Crippen LogP contribution in [0, 0.1) is 0 Å². The van der Waals surface area contributed by atoms with Gasteiger partial charge in [0.15, 0.2) is 0 Å². The molecule has 0 saturated carbocycles. The van der Waals surface area contributed by atoms with Gasteiger partial charge in [-0.2, -0.15) is 0 Å². The van der Waals surface area contributed by atoms with Gasteiger partial charge in [0.25, 0.3) is 0 Å². The molecule has 21 heavy (non-hydrogen) atoms. The molecular weight excluding hydrogens is 282 g/mol. The van der Waals surface area contributed by atoms with E-state index in [1.807, 2.05) is 17.6 Å². The third-order valence-electron chi connectivity index (χ3n) is 3.39. The van der Waals surface area contributed by atoms with Gasteiger partial charge in [0.2, 0.25) is 0 Å². The Labute approximate surface area is 130 Å². The molecule has 0 saturated heterocycles. The quantitative estimate of drug-likeness (QED) is 0.814. The first-order chi connectivity index (χ1) is 10.2. The molecule has 0 aliphatic heterocycles. The summed E-state index contributed by atoms with van der Waals surface area (Å²) in [6.07, 6.45) is 1.02. The Balaban J connectivity index is 2.02. The lowest BCUT2D eigenvalue weighted by Crippen LogP contribution is -2.30. The Morgan fingerprint density at radius 2 is 2.10 bits per heavy atom. The van der Waals surface area contributed by atoms with Crippen molar-refractivity contribution >= 4 is 11.3 Å². The maximum Gasteiger partial charge on any atom is 0.119 e. The Kier molecular flexibility index (Phi) is 6.17. The van der Waals surface area contributed by atoms with Crippen molar-refractivity contribution < 1.29 is 4.74 Å². The highest BCUT2D eigenvalue weighted by Gasteiger charge is 2.16. The van der Waals surface area contributed by atoms with E-state index in [-0.39, 0.29) is 6.04 Å². The van der Waals surface area contributed by atoms with Gasteiger partial charge in [-0.05, 0) is 31.2 Å². The number of nitrogens with two attached hydrogens (primary N) is 1. The molecule has 1 unspecified atom stereocenters. The van der Waals surface area contributed by atoms with Gasteiger partial charge in [0.05, 0.1) is 17.8 Å². The number of rotatable bonds is 8. The molecule has 0 spiro atoms. The van der Waals surface area contributed by atoms with Gasteiger partial charge < -0.3 is 10.5 Å². The summed E-state index contributed by atoms with van der Waals surface area (Å²) in [6.45, 7) is 4.24. The normalized spacial score (nSPS) is 12.6. The molecule has 1 aromatic heterocycles. The fraction of sp³-hybridized carbons (Fsp3) is 0.438. The van der Waals surface area contributed by atoms with Gasteiger partial charge in [0, 0.05) is 24.5 Å². The van der Waals surface area contributed by atoms with E-state index in [0.717, 1.165) is 31.0 Å². The highest BCUT2D eigenvalue weighted by atomic mass is 32.1. The van der Waals surface area contributed by atoms with Crippen LogP contribution < -0.4 is 10.5 Å². The smallest absolute Gasteiger partial charge is 0.119 e. The van der Waals surface area contributed by atoms with Gasteiger partial charge in [-0.3, -0.25) is 4.90 Å². The highest BCUT2D eigenvalue weighted by molar-refractivity contribution is 7.07. The fourth-order valence-corrected chi connectivity index (χ4v) is 2.81. The number of likely N-dealkylation sites (N-methyl/N-ethyl adjacent to an activating group) is 1. The minimum absolute atomic E-state index is 0.187. The molecule has 1 aromatic carbocycles. The summed E-state index contributed by atoms with van der Waals surface area (Å²) < 4.78 is 5.62. The second-order valence-corrected chi connectivity index (χ2v) is 5.78. The lowest BCUT2D eigenvalue weighted by molar-refractivity contribution is 0.239. The number of benzene rings is 1. The van der Waals surface area contributed by atoms with Crippen LogP contribution in [0.1, 0.15) is 30.6 Å². The van der Waals surface area contributed by atoms with Gasteiger partial charge >= 0.3 is 0 Å². The van der Waals surface area contributed by atoms with Crippen molar-refractivity contribution in [3.05, 3.63) is 46.4 Å². The van der Waals surface area contributed by atoms with Crippen LogP contribution in [0.25, 0.3) is 0 Å². The SMILES string of the molecule is CCCOc1ccc(C(CN)N(C)Cc2cscn2)cc1. The van der Waals surface area contributed by atoms with Crippen LogP contribution in [0.3, 0.4) is 0 Å². The zero-order chi connectivity index (χ0) is 15.1. The molecule has 1 heterocycles. The number of hydrogen-bond donors (Lipinski definition) is 1. The van der Waals surface area contributed by atoms with Crippen LogP contribution in [0.4, 0.5) is 0 Å². The van der Waals surface area contributed by atoms with Gasteiger partial charge in [0.1, 0.15) is 5.75 Å². The van der Waals surface area contributed by atoms with E-state index < -0.39 is 0 Å². The Hall–Kier alpha value is -1.43. The van der Waals surface area contributed by atoms with Crippen LogP contribution in [-0.4, -0.2) is 30.1 Å². The van der Waals surface area contributed by atoms with E-state index >= 15 is 0 Å². The van der Waals surface area contributed by atoms with Crippen molar-refractivity contribution in [2.75, 3.05) is 20.2 Å². The van der Waals surface area contributed by atoms with E-state index in [9.17, 15) is 0 Å². The number of nitrogens with zero attached hydrogens (tertiary/aromatic N) is 2. The Bertz CT molecular complexity index is 513. The summed E-state index contributed by atoms with van der Waals surface area (Å²) >= 11 is 1.62. The molecule has 4 nitrogen and oxygen atoms in total. The average Bonchev–Trinajstić information content (AvgIpc) is 3.00. The van der Waals surface area contributed by atoms with Crippen molar-refractivity contribution in [1.82, 2.24) is 9.88 Å². The summed E-state index contributed by atoms with van der Waals surface area (Å²) in [5, 5.41) is 2.08. The van der Waals surface area contributed by atoms with Gasteiger partial charge in [-0.1, -0.05) is 19.1 Å². The monoisotopic (exact) mass is 305 g/mol. The summed E-state index contributed by atoms with van der Waals surface area (Å²) in [6, 6.07) is 8.42. The minimum Gasteiger partial charge on any atom is -0.494 e. The molecule has 0 aliphatic rings. The van der Waals surface area contributed by atoms with Crippen molar-refractivity contribution in [3.63, 3.8) is 0 Å². The summed E-state index contributed by atoms with van der Waals surface area (Å²) in [5.74, 6) is 0.915. The van der Waals surface area contributed by atoms with Crippen molar-refractivity contribution in [2.24, 2.45) is 5.73 Å². The molecule has 0 bridgehead atoms. The number of thiazole rings is 1. The van der Waals surface area contributed by atoms with E-state index in [4.69, 9.17) is 10.5 Å². The maximum atomic E-state index is 5.96. The predicted molar refractivity (Wildman–Crippen MR) is 87.6 cm³/mol. The van der Waals surface area contributed by atoms with E-state index in [2.05, 4.69) is 41.4 Å². The molecule has 0 radical (unpaired) electrons. The van der Waals surface area contributed by atoms with Crippen LogP contribution in [0.15, 0.2) is 35.2 Å². The number of aromatic nitrogens is 1. The zero-order valence-corrected chi connectivity index (χ0v) is 13.5. The van der Waals surface area contributed by atoms with E-state index in [1.54, 1.807) is 11.3 Å². The largest absolute Gasteiger partial charge is 0.494 e. The lowest BCUT2D eigenvalue weighted by atomic mass is 10.1. The zero-order valence-electron chi connectivity index (χ0n) is 12.7. The molecule has 5 heteroatoms. The first kappa shape index (κ1) is 15.9. The van der Waals surface area contributed by atoms with E-state index in [0.29, 0.717) is 6.54 Å². The second-order valence-electron chi connectivity index (χ2n) is 5.06. The molecule has 2 rings (SSSR count). The predicted octanol–water partition coefficient (Wildman–Crippen LogP) is 3.06. The van der Waals surface area contributed by atoms with E-state index in [1.165, 1.54) is 5.56 Å². The van der Waals surface area contributed by atoms with Crippen molar-refractivity contribution in [1.29, 1.82) is 0 Å². The second kappa shape index (κ2) is 8.12. The fourth-order valence-electron chi connectivity index (χ4n) is 2.26. The van der Waals surface area contributed by atoms with Crippen LogP contribution in [0.2, 0.25) is 0 Å². The molecular formula is C16H23N3OS. The first-order valence-electron chi connectivity index (χ1n) is 7.24. The van der Waals surface area contributed by atoms with Crippen LogP contribution in [0.5, 0.6) is 5.75 Å². The highest BCUT2D eigenvalue weighted by Crippen LogP contribution is 2.23. The molecule has 0 amide bonds. The third-order valence-corrected chi connectivity index (χ3v) is 4.02. The topological polar surface area (TPSA) is 51.4 Å². The molecule has 0 fully saturated rings. The Morgan fingerprint density at radius 1 is 1.33 bits per heavy atom. The first-order valence-corrected chi connectivity index (χ1v) is 8.19. The average molecular weight is 305 g/mol. The van der Waals surface area contributed by atoms with Gasteiger partial charge in [-0.15, -0.1) is 11.3 Å². The van der Waals surface area contributed by atoms with Crippen molar-refractivity contribution in [3.8, 4) is 5.75 Å². The lowest BCUT2D eigenvalue weighted by Gasteiger charge is -2.26. The standard InChI is InChI=1S/C16H23N3OS/c1-3-8-20-15-6-4-13(5-7-15)16(9-17)19(2)10-14-11-21-12-18-14/h4-7,11-12,16H,3,8-10,17H2,1-2H3. The maximum absolute atomic E-state index is 5.96. The number of hydrogen-bond acceptors (Lipinski definition) is 5. The molecule has 2 N–H and O–H groups in total. The Morgan fingerprint density at radius 3 is 2.67 bits per heavy atom. The molecule has 0 aliphatic carbocycles. The molecule has 1 atom stereocenters. The molecule has 2 aromatic rings. The summed E-state index contributed by atoms with van der Waals surface area (Å²) in [7, 11) is 2.08. The summed E-state index contributed by atoms with van der Waals surface area (Å²) in [5.41, 5.74) is 10.1.